The number of hydrogen-bond acceptors (Lipinski definition) is 4. The second-order valence-corrected chi connectivity index (χ2v) is 6.98. The van der Waals surface area contributed by atoms with Gasteiger partial charge in [-0.1, -0.05) is 30.0 Å². The van der Waals surface area contributed by atoms with Crippen LogP contribution in [0.3, 0.4) is 0 Å². The Balaban J connectivity index is 1.98. The van der Waals surface area contributed by atoms with Gasteiger partial charge in [-0.25, -0.2) is 18.5 Å². The van der Waals surface area contributed by atoms with Gasteiger partial charge in [0.25, 0.3) is 0 Å². The number of carbonyl (C=O) groups is 2. The van der Waals surface area contributed by atoms with Crippen LogP contribution in [0.15, 0.2) is 42.5 Å². The lowest BCUT2D eigenvalue weighted by Crippen LogP contribution is -2.65. The van der Waals surface area contributed by atoms with Crippen LogP contribution in [0.1, 0.15) is 24.5 Å². The van der Waals surface area contributed by atoms with Gasteiger partial charge >= 0.3 is 6.03 Å². The van der Waals surface area contributed by atoms with E-state index in [4.69, 9.17) is 10.8 Å². The number of imide groups is 1. The quantitative estimate of drug-likeness (QED) is 0.601. The second kappa shape index (κ2) is 7.87. The number of benzene rings is 2. The first-order valence-corrected chi connectivity index (χ1v) is 8.95. The summed E-state index contributed by atoms with van der Waals surface area (Å²) in [6.45, 7) is 1.45. The summed E-state index contributed by atoms with van der Waals surface area (Å²) in [5.41, 5.74) is -1.71. The average Bonchev–Trinajstić information content (AvgIpc) is 2.72. The van der Waals surface area contributed by atoms with E-state index in [2.05, 4.69) is 11.8 Å². The summed E-state index contributed by atoms with van der Waals surface area (Å²) in [5, 5.41) is 15.1. The molecule has 2 aromatic carbocycles. The average molecular weight is 408 g/mol. The lowest BCUT2D eigenvalue weighted by Gasteiger charge is -2.44. The minimum Gasteiger partial charge on any atom is -0.315 e. The molecule has 1 heterocycles. The van der Waals surface area contributed by atoms with Crippen LogP contribution in [0.5, 0.6) is 0 Å². The van der Waals surface area contributed by atoms with Crippen LogP contribution >= 0.6 is 0 Å². The molecular formula is C22H18F2N4O2. The number of carbonyl (C=O) groups excluding carboxylic acids is 2. The highest BCUT2D eigenvalue weighted by atomic mass is 19.1. The van der Waals surface area contributed by atoms with Crippen molar-refractivity contribution in [2.75, 3.05) is 11.9 Å². The molecule has 0 bridgehead atoms. The van der Waals surface area contributed by atoms with E-state index in [1.807, 2.05) is 6.07 Å². The zero-order chi connectivity index (χ0) is 22.1. The summed E-state index contributed by atoms with van der Waals surface area (Å²) in [5.74, 6) is 2.37. The maximum atomic E-state index is 14.8. The Hall–Kier alpha value is -3.86. The molecule has 0 aliphatic carbocycles. The Kier molecular flexibility index (Phi) is 5.47. The summed E-state index contributed by atoms with van der Waals surface area (Å²) in [7, 11) is 1.31. The number of urea groups is 1. The molecule has 1 saturated heterocycles. The highest BCUT2D eigenvalue weighted by Crippen LogP contribution is 2.33. The van der Waals surface area contributed by atoms with Gasteiger partial charge in [-0.15, -0.1) is 0 Å². The van der Waals surface area contributed by atoms with Crippen molar-refractivity contribution >= 4 is 29.6 Å². The number of nitrogens with one attached hydrogen (secondary N) is 2. The molecule has 6 nitrogen and oxygen atoms in total. The second-order valence-electron chi connectivity index (χ2n) is 6.98. The molecule has 2 N–H and O–H groups in total. The first-order chi connectivity index (χ1) is 14.2. The number of hydrogen-bond donors (Lipinski definition) is 2. The topological polar surface area (TPSA) is 88.3 Å². The molecule has 0 aromatic heterocycles. The Morgan fingerprint density at radius 1 is 1.10 bits per heavy atom. The highest BCUT2D eigenvalue weighted by molar-refractivity contribution is 6.34. The highest BCUT2D eigenvalue weighted by Gasteiger charge is 2.48. The van der Waals surface area contributed by atoms with Crippen LogP contribution < -0.4 is 4.90 Å². The van der Waals surface area contributed by atoms with Gasteiger partial charge in [-0.2, -0.15) is 0 Å². The zero-order valence-electron chi connectivity index (χ0n) is 16.3. The maximum absolute atomic E-state index is 14.8. The molecule has 2 aromatic rings. The number of amides is 3. The van der Waals surface area contributed by atoms with Crippen molar-refractivity contribution in [1.82, 2.24) is 4.90 Å². The van der Waals surface area contributed by atoms with E-state index in [1.54, 1.807) is 24.3 Å². The maximum Gasteiger partial charge on any atom is 0.332 e. The monoisotopic (exact) mass is 408 g/mol. The molecule has 3 amide bonds. The largest absolute Gasteiger partial charge is 0.332 e. The van der Waals surface area contributed by atoms with E-state index in [0.29, 0.717) is 10.5 Å². The smallest absolute Gasteiger partial charge is 0.315 e. The van der Waals surface area contributed by atoms with Gasteiger partial charge < -0.3 is 15.7 Å². The van der Waals surface area contributed by atoms with Crippen LogP contribution in [-0.4, -0.2) is 41.4 Å². The summed E-state index contributed by atoms with van der Waals surface area (Å²) in [6, 6.07) is 9.81. The fourth-order valence-corrected chi connectivity index (χ4v) is 3.13. The van der Waals surface area contributed by atoms with Gasteiger partial charge in [0.15, 0.2) is 11.6 Å². The van der Waals surface area contributed by atoms with Crippen molar-refractivity contribution in [3.63, 3.8) is 0 Å². The summed E-state index contributed by atoms with van der Waals surface area (Å²) >= 11 is 0. The lowest BCUT2D eigenvalue weighted by molar-refractivity contribution is -0.120. The van der Waals surface area contributed by atoms with Crippen LogP contribution in [0.25, 0.3) is 0 Å². The molecule has 1 aliphatic heterocycles. The molecule has 1 atom stereocenters. The minimum absolute atomic E-state index is 0.0540. The van der Waals surface area contributed by atoms with Crippen molar-refractivity contribution in [3.8, 4) is 11.8 Å². The predicted octanol–water partition coefficient (Wildman–Crippen LogP) is 3.58. The molecule has 8 heteroatoms. The van der Waals surface area contributed by atoms with Gasteiger partial charge in [0.2, 0.25) is 5.91 Å². The fourth-order valence-electron chi connectivity index (χ4n) is 3.13. The van der Waals surface area contributed by atoms with Crippen LogP contribution in [0.4, 0.5) is 19.3 Å². The molecule has 152 valence electrons. The first-order valence-electron chi connectivity index (χ1n) is 8.95. The van der Waals surface area contributed by atoms with E-state index < -0.39 is 41.2 Å². The normalized spacial score (nSPS) is 18.7. The van der Waals surface area contributed by atoms with Gasteiger partial charge in [0.05, 0.1) is 17.7 Å². The number of rotatable bonds is 3. The molecule has 0 saturated carbocycles. The van der Waals surface area contributed by atoms with E-state index >= 15 is 0 Å². The standard InChI is InChI=1S/C22H18F2N4O2/c1-22(18(26)13-25)12-19(29)28(21(30)27(22)2)20-16(23)10-15(11-17(20)24)9-8-14-6-4-3-5-7-14/h3-7,10-11,13,25-26H,12H2,1-2H3/t22-/m0/s1. The third kappa shape index (κ3) is 3.57. The van der Waals surface area contributed by atoms with Gasteiger partial charge in [-0.3, -0.25) is 4.79 Å². The molecule has 0 spiro atoms. The SMILES string of the molecule is CN1C(=O)N(c2c(F)cc(C#Cc3ccccc3)cc2F)C(=O)C[C@@]1(C)C(=N)C=N. The molecule has 30 heavy (non-hydrogen) atoms. The Bertz CT molecular complexity index is 1100. The van der Waals surface area contributed by atoms with Crippen molar-refractivity contribution in [2.45, 2.75) is 18.9 Å². The number of halogens is 2. The third-order valence-corrected chi connectivity index (χ3v) is 5.05. The summed E-state index contributed by atoms with van der Waals surface area (Å²) in [6.07, 6.45) is 0.339. The molecule has 3 rings (SSSR count). The summed E-state index contributed by atoms with van der Waals surface area (Å²) in [4.78, 5) is 26.9. The Morgan fingerprint density at radius 2 is 1.67 bits per heavy atom. The number of anilines is 1. The van der Waals surface area contributed by atoms with Crippen LogP contribution in [-0.2, 0) is 4.79 Å². The van der Waals surface area contributed by atoms with Gasteiger partial charge in [0.1, 0.15) is 5.69 Å². The van der Waals surface area contributed by atoms with E-state index in [1.165, 1.54) is 14.0 Å². The van der Waals surface area contributed by atoms with Crippen molar-refractivity contribution < 1.29 is 18.4 Å². The van der Waals surface area contributed by atoms with Crippen molar-refractivity contribution in [3.05, 3.63) is 65.2 Å². The number of nitrogens with zero attached hydrogens (tertiary/aromatic N) is 2. The van der Waals surface area contributed by atoms with Gasteiger partial charge in [0, 0.05) is 24.4 Å². The molecule has 1 aliphatic rings. The van der Waals surface area contributed by atoms with E-state index in [-0.39, 0.29) is 11.3 Å². The van der Waals surface area contributed by atoms with Crippen molar-refractivity contribution in [1.29, 1.82) is 10.8 Å². The lowest BCUT2D eigenvalue weighted by atomic mass is 9.87. The summed E-state index contributed by atoms with van der Waals surface area (Å²) < 4.78 is 29.5. The van der Waals surface area contributed by atoms with Crippen LogP contribution in [0, 0.1) is 34.3 Å². The van der Waals surface area contributed by atoms with Gasteiger partial charge in [-0.05, 0) is 31.2 Å². The fraction of sp³-hybridized carbons (Fsp3) is 0.182. The third-order valence-electron chi connectivity index (χ3n) is 5.05. The molecule has 0 radical (unpaired) electrons. The van der Waals surface area contributed by atoms with E-state index in [9.17, 15) is 18.4 Å². The van der Waals surface area contributed by atoms with Crippen molar-refractivity contribution in [2.24, 2.45) is 0 Å². The molecule has 0 unspecified atom stereocenters. The predicted molar refractivity (Wildman–Crippen MR) is 109 cm³/mol. The molecular weight excluding hydrogens is 390 g/mol. The molecule has 1 fully saturated rings. The zero-order valence-corrected chi connectivity index (χ0v) is 16.3. The first kappa shape index (κ1) is 20.9. The minimum atomic E-state index is -1.37. The Labute approximate surface area is 172 Å². The Morgan fingerprint density at radius 3 is 2.23 bits per heavy atom. The van der Waals surface area contributed by atoms with Crippen LogP contribution in [0.2, 0.25) is 0 Å². The van der Waals surface area contributed by atoms with E-state index in [0.717, 1.165) is 23.2 Å².